The van der Waals surface area contributed by atoms with Gasteiger partial charge in [-0.05, 0) is 0 Å². The molecule has 0 saturated carbocycles. The molecule has 0 spiro atoms. The molecule has 5 fully saturated rings. The number of rotatable bonds is 16. The first-order valence-corrected chi connectivity index (χ1v) is 18.8. The molecule has 5 heterocycles. The first-order valence-electron chi connectivity index (χ1n) is 18.8. The van der Waals surface area contributed by atoms with E-state index in [-0.39, 0.29) is 13.2 Å². The summed E-state index contributed by atoms with van der Waals surface area (Å²) in [5.41, 5.74) is 5.57. The summed E-state index contributed by atoms with van der Waals surface area (Å²) in [4.78, 5) is 0. The third-order valence-electron chi connectivity index (χ3n) is 10.7. The lowest BCUT2D eigenvalue weighted by atomic mass is 9.96. The monoisotopic (exact) mass is 871 g/mol. The van der Waals surface area contributed by atoms with E-state index >= 15 is 0 Å². The highest BCUT2D eigenvalue weighted by Crippen LogP contribution is 2.35. The van der Waals surface area contributed by atoms with Gasteiger partial charge in [0.2, 0.25) is 0 Å². The number of aliphatic hydroxyl groups excluding tert-OH is 16. The van der Waals surface area contributed by atoms with Crippen molar-refractivity contribution in [3.05, 3.63) is 0 Å². The highest BCUT2D eigenvalue weighted by atomic mass is 16.8. The first kappa shape index (κ1) is 48.9. The van der Waals surface area contributed by atoms with Crippen molar-refractivity contribution >= 4 is 0 Å². The van der Waals surface area contributed by atoms with E-state index in [1.54, 1.807) is 0 Å². The molecule has 27 nitrogen and oxygen atoms in total. The molecule has 27 heteroatoms. The second kappa shape index (κ2) is 21.5. The van der Waals surface area contributed by atoms with E-state index < -0.39 is 187 Å². The fourth-order valence-electron chi connectivity index (χ4n) is 7.18. The van der Waals surface area contributed by atoms with Crippen molar-refractivity contribution in [2.24, 2.45) is 5.73 Å². The standard InChI is InChI=1S/C32H57NO26/c33-1-2-50-28-24(49)25(57-32-27(21(46)16(41)11(6-37)55-32)59-30-23(48)19(44)14(39)9(4-35)53-30)17(42)12(56-28)7-51-31-26(20(45)15(40)10(5-36)54-31)58-29-22(47)18(43)13(38)8(3-34)52-29/h8-32,34-49H,1-7,33H2/t8-,9-,10-,11-,12-,13-,14-,15-,16-,17-,18+,19+,20+,21+,22+,23+,24+,25+,26+,27+,28+,29-,30-,31+,32-/m1/s1. The Kier molecular flexibility index (Phi) is 17.9. The smallest absolute Gasteiger partial charge is 0.187 e. The Hall–Kier alpha value is -1.08. The zero-order valence-corrected chi connectivity index (χ0v) is 31.2. The molecule has 25 atom stereocenters. The molecular formula is C32H57NO26. The molecule has 5 aliphatic rings. The number of hydrogen-bond acceptors (Lipinski definition) is 27. The van der Waals surface area contributed by atoms with E-state index in [1.165, 1.54) is 0 Å². The van der Waals surface area contributed by atoms with Gasteiger partial charge in [0.25, 0.3) is 0 Å². The highest BCUT2D eigenvalue weighted by molar-refractivity contribution is 4.98. The lowest BCUT2D eigenvalue weighted by Gasteiger charge is -2.49. The van der Waals surface area contributed by atoms with Crippen LogP contribution < -0.4 is 5.73 Å². The van der Waals surface area contributed by atoms with Crippen molar-refractivity contribution in [3.63, 3.8) is 0 Å². The molecule has 59 heavy (non-hydrogen) atoms. The van der Waals surface area contributed by atoms with Crippen LogP contribution in [0, 0.1) is 0 Å². The molecule has 5 saturated heterocycles. The minimum absolute atomic E-state index is 0.0967. The maximum Gasteiger partial charge on any atom is 0.187 e. The summed E-state index contributed by atoms with van der Waals surface area (Å²) in [5.74, 6) is 0. The average Bonchev–Trinajstić information content (AvgIpc) is 3.23. The highest BCUT2D eigenvalue weighted by Gasteiger charge is 2.56. The summed E-state index contributed by atoms with van der Waals surface area (Å²) in [6.07, 6.45) is -45.5. The van der Waals surface area contributed by atoms with Crippen LogP contribution >= 0.6 is 0 Å². The minimum atomic E-state index is -2.03. The average molecular weight is 872 g/mol. The number of hydrogen-bond donors (Lipinski definition) is 17. The van der Waals surface area contributed by atoms with Crippen LogP contribution in [0.3, 0.4) is 0 Å². The Morgan fingerprint density at radius 2 is 0.712 bits per heavy atom. The van der Waals surface area contributed by atoms with Gasteiger partial charge >= 0.3 is 0 Å². The van der Waals surface area contributed by atoms with E-state index in [1.807, 2.05) is 0 Å². The molecule has 346 valence electrons. The normalized spacial score (nSPS) is 51.1. The predicted molar refractivity (Wildman–Crippen MR) is 179 cm³/mol. The fourth-order valence-corrected chi connectivity index (χ4v) is 7.18. The zero-order chi connectivity index (χ0) is 43.5. The van der Waals surface area contributed by atoms with E-state index in [4.69, 9.17) is 53.1 Å². The van der Waals surface area contributed by atoms with Gasteiger partial charge in [0, 0.05) is 6.54 Å². The van der Waals surface area contributed by atoms with Gasteiger partial charge in [0.1, 0.15) is 122 Å². The van der Waals surface area contributed by atoms with Gasteiger partial charge in [-0.3, -0.25) is 0 Å². The van der Waals surface area contributed by atoms with Crippen molar-refractivity contribution in [3.8, 4) is 0 Å². The third kappa shape index (κ3) is 10.5. The zero-order valence-electron chi connectivity index (χ0n) is 31.2. The van der Waals surface area contributed by atoms with Gasteiger partial charge in [0.15, 0.2) is 31.5 Å². The Morgan fingerprint density at radius 3 is 1.15 bits per heavy atom. The molecule has 0 bridgehead atoms. The predicted octanol–water partition coefficient (Wildman–Crippen LogP) is -11.9. The molecule has 18 N–H and O–H groups in total. The lowest BCUT2D eigenvalue weighted by molar-refractivity contribution is -0.392. The Morgan fingerprint density at radius 1 is 0.339 bits per heavy atom. The Bertz CT molecular complexity index is 1260. The van der Waals surface area contributed by atoms with Gasteiger partial charge in [0.05, 0.1) is 39.6 Å². The molecule has 5 rings (SSSR count). The van der Waals surface area contributed by atoms with Gasteiger partial charge in [-0.25, -0.2) is 0 Å². The fraction of sp³-hybridized carbons (Fsp3) is 1.00. The largest absolute Gasteiger partial charge is 0.394 e. The van der Waals surface area contributed by atoms with Crippen LogP contribution in [0.5, 0.6) is 0 Å². The van der Waals surface area contributed by atoms with Crippen molar-refractivity contribution in [2.75, 3.05) is 46.2 Å². The summed E-state index contributed by atoms with van der Waals surface area (Å²) >= 11 is 0. The van der Waals surface area contributed by atoms with Crippen molar-refractivity contribution in [1.29, 1.82) is 0 Å². The second-order valence-electron chi connectivity index (χ2n) is 14.6. The van der Waals surface area contributed by atoms with Crippen LogP contribution in [0.4, 0.5) is 0 Å². The topological polar surface area (TPSA) is 442 Å². The quantitative estimate of drug-likeness (QED) is 0.0684. The molecule has 0 aromatic heterocycles. The van der Waals surface area contributed by atoms with E-state index in [0.717, 1.165) is 0 Å². The molecule has 0 aliphatic carbocycles. The molecule has 5 aliphatic heterocycles. The summed E-state index contributed by atoms with van der Waals surface area (Å²) in [6, 6.07) is 0. The van der Waals surface area contributed by atoms with Crippen molar-refractivity contribution < 1.29 is 129 Å². The van der Waals surface area contributed by atoms with Gasteiger partial charge in [-0.1, -0.05) is 0 Å². The van der Waals surface area contributed by atoms with Gasteiger partial charge < -0.3 is 135 Å². The van der Waals surface area contributed by atoms with Crippen molar-refractivity contribution in [2.45, 2.75) is 154 Å². The van der Waals surface area contributed by atoms with Crippen molar-refractivity contribution in [1.82, 2.24) is 0 Å². The van der Waals surface area contributed by atoms with Gasteiger partial charge in [-0.15, -0.1) is 0 Å². The van der Waals surface area contributed by atoms with Crippen LogP contribution in [0.15, 0.2) is 0 Å². The molecular weight excluding hydrogens is 814 g/mol. The summed E-state index contributed by atoms with van der Waals surface area (Å²) in [6.45, 7) is -4.59. The first-order chi connectivity index (χ1) is 28.0. The van der Waals surface area contributed by atoms with Crippen LogP contribution in [-0.2, 0) is 47.4 Å². The van der Waals surface area contributed by atoms with Crippen LogP contribution in [0.2, 0.25) is 0 Å². The minimum Gasteiger partial charge on any atom is -0.394 e. The number of aliphatic hydroxyl groups is 16. The molecule has 0 radical (unpaired) electrons. The number of ether oxygens (including phenoxy) is 10. The third-order valence-corrected chi connectivity index (χ3v) is 10.7. The lowest BCUT2D eigenvalue weighted by Crippen LogP contribution is -2.67. The summed E-state index contributed by atoms with van der Waals surface area (Å²) in [5, 5.41) is 167. The van der Waals surface area contributed by atoms with E-state index in [0.29, 0.717) is 0 Å². The van der Waals surface area contributed by atoms with E-state index in [2.05, 4.69) is 0 Å². The summed E-state index contributed by atoms with van der Waals surface area (Å²) in [7, 11) is 0. The van der Waals surface area contributed by atoms with Gasteiger partial charge in [-0.2, -0.15) is 0 Å². The maximum atomic E-state index is 11.6. The van der Waals surface area contributed by atoms with Crippen LogP contribution in [0.25, 0.3) is 0 Å². The Labute approximate surface area is 334 Å². The molecule has 0 aromatic rings. The molecule has 0 amide bonds. The number of nitrogens with two attached hydrogens (primary N) is 1. The van der Waals surface area contributed by atoms with Crippen LogP contribution in [0.1, 0.15) is 0 Å². The molecule has 0 aromatic carbocycles. The summed E-state index contributed by atoms with van der Waals surface area (Å²) < 4.78 is 56.2. The maximum absolute atomic E-state index is 11.6. The van der Waals surface area contributed by atoms with Crippen LogP contribution in [-0.4, -0.2) is 281 Å². The van der Waals surface area contributed by atoms with E-state index in [9.17, 15) is 81.7 Å². The SMILES string of the molecule is NCCO[C@H]1O[C@H](CO[C@H]2O[C@H](CO)[C@@H](O)[C@H](O)[C@@H]2O[C@H]2O[C@H](CO)[C@@H](O)[C@H](O)[C@@H]2O)[C@@H](O)[C@H](O[C@H]2O[C@H](CO)[C@@H](O)[C@H](O)[C@@H]2O[C@H]2O[C@H](CO)[C@@H](O)[C@H](O)[C@@H]2O)[C@@H]1O. The Balaban J connectivity index is 1.37. The second-order valence-corrected chi connectivity index (χ2v) is 14.6. The molecule has 0 unspecified atom stereocenters.